The van der Waals surface area contributed by atoms with Gasteiger partial charge in [-0.15, -0.1) is 0 Å². The van der Waals surface area contributed by atoms with Crippen molar-refractivity contribution in [1.29, 1.82) is 0 Å². The molecular formula is C18H15N4NaO6S. The average molecular weight is 438 g/mol. The van der Waals surface area contributed by atoms with Crippen LogP contribution >= 0.6 is 0 Å². The Hall–Kier alpha value is -2.44. The van der Waals surface area contributed by atoms with E-state index in [9.17, 15) is 22.6 Å². The van der Waals surface area contributed by atoms with Crippen LogP contribution in [0.1, 0.15) is 6.92 Å². The van der Waals surface area contributed by atoms with Gasteiger partial charge in [-0.2, -0.15) is 20.3 Å². The Bertz CT molecular complexity index is 1090. The minimum absolute atomic E-state index is 0. The van der Waals surface area contributed by atoms with Crippen molar-refractivity contribution in [2.45, 2.75) is 17.9 Å². The number of hydrogen-bond donors (Lipinski definition) is 0. The molecular weight excluding hydrogens is 423 g/mol. The van der Waals surface area contributed by atoms with Crippen LogP contribution in [0.4, 0.5) is 11.4 Å². The maximum absolute atomic E-state index is 12.8. The van der Waals surface area contributed by atoms with Crippen LogP contribution in [0.25, 0.3) is 0 Å². The van der Waals surface area contributed by atoms with Crippen LogP contribution in [0.15, 0.2) is 74.8 Å². The molecule has 0 saturated carbocycles. The molecule has 2 aromatic rings. The van der Waals surface area contributed by atoms with Gasteiger partial charge >= 0.3 is 35.5 Å². The quantitative estimate of drug-likeness (QED) is 0.246. The number of ether oxygens (including phenoxy) is 1. The van der Waals surface area contributed by atoms with E-state index in [2.05, 4.69) is 15.3 Å². The van der Waals surface area contributed by atoms with Gasteiger partial charge < -0.3 is 9.29 Å². The van der Waals surface area contributed by atoms with Gasteiger partial charge in [-0.3, -0.25) is 4.79 Å². The van der Waals surface area contributed by atoms with Gasteiger partial charge in [0.05, 0.1) is 22.9 Å². The number of amides is 1. The molecule has 0 bridgehead atoms. The summed E-state index contributed by atoms with van der Waals surface area (Å²) in [6.07, 6.45) is 0. The Labute approximate surface area is 194 Å². The number of hydrogen-bond acceptors (Lipinski definition) is 9. The fourth-order valence-corrected chi connectivity index (χ4v) is 2.93. The Morgan fingerprint density at radius 1 is 1.17 bits per heavy atom. The van der Waals surface area contributed by atoms with Crippen molar-refractivity contribution in [2.24, 2.45) is 15.3 Å². The topological polar surface area (TPSA) is 141 Å². The average Bonchev–Trinajstić information content (AvgIpc) is 3.03. The van der Waals surface area contributed by atoms with E-state index in [1.165, 1.54) is 12.1 Å². The molecule has 10 nitrogen and oxygen atoms in total. The number of azo groups is 1. The molecule has 0 radical (unpaired) electrons. The predicted octanol–water partition coefficient (Wildman–Crippen LogP) is -0.987. The molecule has 0 spiro atoms. The first-order valence-electron chi connectivity index (χ1n) is 8.42. The van der Waals surface area contributed by atoms with Crippen LogP contribution in [0.5, 0.6) is 0 Å². The summed E-state index contributed by atoms with van der Waals surface area (Å²) in [7, 11) is -4.64. The van der Waals surface area contributed by atoms with E-state index < -0.39 is 32.9 Å². The first-order chi connectivity index (χ1) is 13.8. The van der Waals surface area contributed by atoms with E-state index in [1.807, 2.05) is 0 Å². The van der Waals surface area contributed by atoms with Gasteiger partial charge in [0.25, 0.3) is 5.91 Å². The Morgan fingerprint density at radius 2 is 1.80 bits per heavy atom. The number of nitrogens with zero attached hydrogens (tertiary/aromatic N) is 4. The van der Waals surface area contributed by atoms with Crippen LogP contribution in [-0.2, 0) is 24.4 Å². The van der Waals surface area contributed by atoms with Crippen LogP contribution in [0.3, 0.4) is 0 Å². The molecule has 30 heavy (non-hydrogen) atoms. The monoisotopic (exact) mass is 438 g/mol. The fourth-order valence-electron chi connectivity index (χ4n) is 2.46. The molecule has 0 saturated heterocycles. The molecule has 0 aromatic heterocycles. The molecule has 0 N–H and O–H groups in total. The maximum atomic E-state index is 12.8. The van der Waals surface area contributed by atoms with Gasteiger partial charge in [0.2, 0.25) is 6.04 Å². The first kappa shape index (κ1) is 23.8. The third kappa shape index (κ3) is 5.37. The molecule has 2 aromatic carbocycles. The van der Waals surface area contributed by atoms with Gasteiger partial charge in [-0.25, -0.2) is 13.2 Å². The van der Waals surface area contributed by atoms with E-state index in [1.54, 1.807) is 37.3 Å². The number of rotatable bonds is 6. The summed E-state index contributed by atoms with van der Waals surface area (Å²) in [6.45, 7) is 1.68. The number of carbonyl (C=O) groups excluding carboxylic acids is 2. The van der Waals surface area contributed by atoms with Crippen molar-refractivity contribution in [1.82, 2.24) is 0 Å². The van der Waals surface area contributed by atoms with E-state index in [0.29, 0.717) is 5.69 Å². The van der Waals surface area contributed by atoms with Crippen LogP contribution in [0.2, 0.25) is 0 Å². The summed E-state index contributed by atoms with van der Waals surface area (Å²) >= 11 is 0. The van der Waals surface area contributed by atoms with Gasteiger partial charge in [-0.1, -0.05) is 18.2 Å². The third-order valence-electron chi connectivity index (χ3n) is 3.81. The summed E-state index contributed by atoms with van der Waals surface area (Å²) in [5.41, 5.74) is 0.380. The van der Waals surface area contributed by atoms with E-state index in [0.717, 1.165) is 17.1 Å². The smallest absolute Gasteiger partial charge is 0.744 e. The van der Waals surface area contributed by atoms with E-state index >= 15 is 0 Å². The molecule has 12 heteroatoms. The number of anilines is 1. The van der Waals surface area contributed by atoms with Gasteiger partial charge in [-0.05, 0) is 43.3 Å². The number of hydrazone groups is 1. The number of carbonyl (C=O) groups is 2. The minimum atomic E-state index is -4.64. The minimum Gasteiger partial charge on any atom is -0.744 e. The largest absolute Gasteiger partial charge is 1.00 e. The second kappa shape index (κ2) is 10.0. The summed E-state index contributed by atoms with van der Waals surface area (Å²) in [4.78, 5) is 24.6. The molecule has 3 rings (SSSR count). The zero-order valence-corrected chi connectivity index (χ0v) is 18.9. The van der Waals surface area contributed by atoms with Crippen LogP contribution in [-0.4, -0.2) is 43.2 Å². The second-order valence-electron chi connectivity index (χ2n) is 5.76. The zero-order chi connectivity index (χ0) is 21.0. The molecule has 150 valence electrons. The summed E-state index contributed by atoms with van der Waals surface area (Å²) < 4.78 is 38.1. The van der Waals surface area contributed by atoms with E-state index in [-0.39, 0.29) is 47.6 Å². The molecule has 1 aliphatic heterocycles. The standard InChI is InChI=1S/C18H16N4O6S.Na/c1-2-28-18(24)16-15(20-19-12-6-4-3-5-7-12)17(23)22(21-16)13-8-10-14(11-9-13)29(25,26)27;/h3-11,15H,2H2,1H3,(H,25,26,27);/q;+1/p-1. The molecule has 0 aliphatic carbocycles. The fraction of sp³-hybridized carbons (Fsp3) is 0.167. The molecule has 1 unspecified atom stereocenters. The summed E-state index contributed by atoms with van der Waals surface area (Å²) in [6, 6.07) is 11.8. The van der Waals surface area contributed by atoms with Crippen LogP contribution < -0.4 is 34.6 Å². The Morgan fingerprint density at radius 3 is 2.37 bits per heavy atom. The normalized spacial score (nSPS) is 16.3. The SMILES string of the molecule is CCOC(=O)C1=NN(c2ccc(S(=O)(=O)[O-])cc2)C(=O)C1N=Nc1ccccc1.[Na+]. The van der Waals surface area contributed by atoms with Crippen molar-refractivity contribution in [3.8, 4) is 0 Å². The molecule has 1 atom stereocenters. The van der Waals surface area contributed by atoms with Crippen molar-refractivity contribution in [3.05, 3.63) is 54.6 Å². The summed E-state index contributed by atoms with van der Waals surface area (Å²) in [5, 5.41) is 12.8. The van der Waals surface area contributed by atoms with Gasteiger partial charge in [0.15, 0.2) is 5.71 Å². The summed E-state index contributed by atoms with van der Waals surface area (Å²) in [5.74, 6) is -1.50. The third-order valence-corrected chi connectivity index (χ3v) is 4.66. The van der Waals surface area contributed by atoms with Crippen molar-refractivity contribution in [3.63, 3.8) is 0 Å². The van der Waals surface area contributed by atoms with Crippen molar-refractivity contribution < 1.29 is 56.9 Å². The van der Waals surface area contributed by atoms with Gasteiger partial charge in [0, 0.05) is 0 Å². The maximum Gasteiger partial charge on any atom is 1.00 e. The first-order valence-corrected chi connectivity index (χ1v) is 9.83. The van der Waals surface area contributed by atoms with E-state index in [4.69, 9.17) is 4.74 Å². The Balaban J connectivity index is 0.00000320. The molecule has 1 aliphatic rings. The molecule has 1 amide bonds. The number of benzene rings is 2. The second-order valence-corrected chi connectivity index (χ2v) is 7.14. The predicted molar refractivity (Wildman–Crippen MR) is 101 cm³/mol. The Kier molecular flexibility index (Phi) is 7.98. The zero-order valence-electron chi connectivity index (χ0n) is 16.1. The van der Waals surface area contributed by atoms with Crippen LogP contribution in [0, 0.1) is 0 Å². The van der Waals surface area contributed by atoms with Gasteiger partial charge in [0.1, 0.15) is 10.1 Å². The van der Waals surface area contributed by atoms with Crippen molar-refractivity contribution in [2.75, 3.05) is 11.6 Å². The molecule has 1 heterocycles. The molecule has 0 fully saturated rings. The number of esters is 1. The van der Waals surface area contributed by atoms with Crippen molar-refractivity contribution >= 4 is 39.1 Å².